The Hall–Kier alpha value is -0.450. The van der Waals surface area contributed by atoms with E-state index in [1.165, 1.54) is 6.92 Å². The molecule has 2 unspecified atom stereocenters. The fourth-order valence-electron chi connectivity index (χ4n) is 1.86. The summed E-state index contributed by atoms with van der Waals surface area (Å²) < 4.78 is 0. The van der Waals surface area contributed by atoms with Crippen molar-refractivity contribution in [3.05, 3.63) is 0 Å². The van der Waals surface area contributed by atoms with Gasteiger partial charge in [-0.3, -0.25) is 0 Å². The molecule has 0 aromatic rings. The first-order valence-electron chi connectivity index (χ1n) is 5.97. The molecule has 96 valence electrons. The van der Waals surface area contributed by atoms with E-state index in [9.17, 15) is 15.0 Å². The molecule has 0 bridgehead atoms. The highest BCUT2D eigenvalue weighted by atomic mass is 16.3. The highest BCUT2D eigenvalue weighted by Gasteiger charge is 2.20. The van der Waals surface area contributed by atoms with Crippen molar-refractivity contribution < 1.29 is 20.1 Å². The van der Waals surface area contributed by atoms with E-state index in [-0.39, 0.29) is 37.4 Å². The maximum atomic E-state index is 10.9. The Bertz CT molecular complexity index is 182. The van der Waals surface area contributed by atoms with Crippen molar-refractivity contribution in [1.29, 1.82) is 0 Å². The highest BCUT2D eigenvalue weighted by Crippen LogP contribution is 2.22. The predicted molar refractivity (Wildman–Crippen MR) is 62.0 cm³/mol. The van der Waals surface area contributed by atoms with E-state index in [0.29, 0.717) is 12.8 Å². The Balaban J connectivity index is 3.99. The number of aliphatic hydroxyl groups is 3. The molecule has 4 nitrogen and oxygen atoms in total. The number of unbranched alkanes of at least 4 members (excludes halogenated alkanes) is 1. The van der Waals surface area contributed by atoms with Gasteiger partial charge < -0.3 is 20.1 Å². The van der Waals surface area contributed by atoms with Crippen molar-refractivity contribution in [3.8, 4) is 0 Å². The number of rotatable bonds is 10. The maximum absolute atomic E-state index is 10.9. The zero-order valence-corrected chi connectivity index (χ0v) is 10.1. The summed E-state index contributed by atoms with van der Waals surface area (Å²) in [5, 5.41) is 27.1. The maximum Gasteiger partial charge on any atom is 0.129 e. The Morgan fingerprint density at radius 2 is 1.56 bits per heavy atom. The Labute approximate surface area is 97.3 Å². The first-order valence-corrected chi connectivity index (χ1v) is 5.97. The molecule has 4 heteroatoms. The summed E-state index contributed by atoms with van der Waals surface area (Å²) in [6, 6.07) is 0. The lowest BCUT2D eigenvalue weighted by molar-refractivity contribution is -0.117. The van der Waals surface area contributed by atoms with E-state index in [2.05, 4.69) is 0 Å². The quantitative estimate of drug-likeness (QED) is 0.485. The smallest absolute Gasteiger partial charge is 0.129 e. The molecular weight excluding hydrogens is 208 g/mol. The second-order valence-electron chi connectivity index (χ2n) is 4.35. The van der Waals surface area contributed by atoms with Crippen molar-refractivity contribution >= 4 is 5.78 Å². The van der Waals surface area contributed by atoms with Gasteiger partial charge in [0.15, 0.2) is 0 Å². The molecule has 0 aromatic heterocycles. The van der Waals surface area contributed by atoms with Crippen LogP contribution >= 0.6 is 0 Å². The van der Waals surface area contributed by atoms with Gasteiger partial charge in [-0.1, -0.05) is 6.42 Å². The van der Waals surface area contributed by atoms with E-state index in [1.807, 2.05) is 0 Å². The lowest BCUT2D eigenvalue weighted by Gasteiger charge is -2.23. The molecular formula is C12H24O4. The molecule has 16 heavy (non-hydrogen) atoms. The molecule has 0 aliphatic carbocycles. The first kappa shape index (κ1) is 15.6. The highest BCUT2D eigenvalue weighted by molar-refractivity contribution is 5.75. The number of carbonyl (C=O) groups excluding carboxylic acids is 1. The second kappa shape index (κ2) is 9.75. The summed E-state index contributed by atoms with van der Waals surface area (Å²) in [5.41, 5.74) is 0. The number of carbonyl (C=O) groups is 1. The molecule has 0 rings (SSSR count). The zero-order valence-electron chi connectivity index (χ0n) is 10.1. The average molecular weight is 232 g/mol. The van der Waals surface area contributed by atoms with Gasteiger partial charge in [0.1, 0.15) is 5.78 Å². The van der Waals surface area contributed by atoms with Crippen LogP contribution in [0.15, 0.2) is 0 Å². The van der Waals surface area contributed by atoms with Crippen LogP contribution < -0.4 is 0 Å². The summed E-state index contributed by atoms with van der Waals surface area (Å²) in [6.45, 7) is 1.75. The van der Waals surface area contributed by atoms with E-state index < -0.39 is 0 Å². The number of aliphatic hydroxyl groups excluding tert-OH is 3. The lowest BCUT2D eigenvalue weighted by atomic mass is 9.85. The number of hydrogen-bond donors (Lipinski definition) is 3. The second-order valence-corrected chi connectivity index (χ2v) is 4.35. The molecule has 0 aliphatic rings. The molecule has 0 spiro atoms. The van der Waals surface area contributed by atoms with Gasteiger partial charge in [-0.05, 0) is 38.0 Å². The predicted octanol–water partition coefficient (Wildman–Crippen LogP) is 0.735. The fraction of sp³-hybridized carbons (Fsp3) is 0.917. The fourth-order valence-corrected chi connectivity index (χ4v) is 1.86. The van der Waals surface area contributed by atoms with Crippen LogP contribution in [0.2, 0.25) is 0 Å². The van der Waals surface area contributed by atoms with E-state index in [1.54, 1.807) is 0 Å². The summed E-state index contributed by atoms with van der Waals surface area (Å²) in [5.74, 6) is 0.147. The van der Waals surface area contributed by atoms with Crippen LogP contribution in [0.3, 0.4) is 0 Å². The topological polar surface area (TPSA) is 77.8 Å². The average Bonchev–Trinajstić information content (AvgIpc) is 2.27. The van der Waals surface area contributed by atoms with E-state index in [4.69, 9.17) is 5.11 Å². The van der Waals surface area contributed by atoms with Crippen LogP contribution in [0.4, 0.5) is 0 Å². The van der Waals surface area contributed by atoms with Crippen molar-refractivity contribution in [3.63, 3.8) is 0 Å². The minimum atomic E-state index is -0.00686. The summed E-state index contributed by atoms with van der Waals surface area (Å²) >= 11 is 0. The molecule has 0 radical (unpaired) electrons. The molecule has 0 saturated heterocycles. The minimum absolute atomic E-state index is 0.00686. The Morgan fingerprint density at radius 3 is 2.00 bits per heavy atom. The SMILES string of the molecule is CC(=O)CCC(CO)C(CO)CCCCO. The Kier molecular flexibility index (Phi) is 9.48. The van der Waals surface area contributed by atoms with Crippen molar-refractivity contribution in [2.45, 2.75) is 39.0 Å². The molecule has 2 atom stereocenters. The monoisotopic (exact) mass is 232 g/mol. The summed E-state index contributed by atoms with van der Waals surface area (Å²) in [6.07, 6.45) is 3.46. The summed E-state index contributed by atoms with van der Waals surface area (Å²) in [4.78, 5) is 10.9. The largest absolute Gasteiger partial charge is 0.396 e. The molecule has 0 aliphatic heterocycles. The molecule has 0 aromatic carbocycles. The van der Waals surface area contributed by atoms with Gasteiger partial charge in [-0.2, -0.15) is 0 Å². The van der Waals surface area contributed by atoms with Crippen molar-refractivity contribution in [2.75, 3.05) is 19.8 Å². The third kappa shape index (κ3) is 6.93. The molecule has 0 fully saturated rings. The molecule has 0 heterocycles. The van der Waals surface area contributed by atoms with Crippen molar-refractivity contribution in [2.24, 2.45) is 11.8 Å². The third-order valence-electron chi connectivity index (χ3n) is 2.99. The zero-order chi connectivity index (χ0) is 12.4. The van der Waals surface area contributed by atoms with Gasteiger partial charge in [0.25, 0.3) is 0 Å². The van der Waals surface area contributed by atoms with E-state index >= 15 is 0 Å². The molecule has 3 N–H and O–H groups in total. The van der Waals surface area contributed by atoms with Gasteiger partial charge in [-0.25, -0.2) is 0 Å². The van der Waals surface area contributed by atoms with Gasteiger partial charge in [0.05, 0.1) is 0 Å². The first-order chi connectivity index (χ1) is 7.65. The minimum Gasteiger partial charge on any atom is -0.396 e. The molecule has 0 saturated carbocycles. The van der Waals surface area contributed by atoms with Crippen molar-refractivity contribution in [1.82, 2.24) is 0 Å². The summed E-state index contributed by atoms with van der Waals surface area (Å²) in [7, 11) is 0. The standard InChI is InChI=1S/C12H24O4/c1-10(16)5-6-12(9-15)11(8-14)4-2-3-7-13/h11-15H,2-9H2,1H3. The van der Waals surface area contributed by atoms with Crippen LogP contribution in [-0.4, -0.2) is 40.9 Å². The third-order valence-corrected chi connectivity index (χ3v) is 2.99. The van der Waals surface area contributed by atoms with Gasteiger partial charge in [0.2, 0.25) is 0 Å². The van der Waals surface area contributed by atoms with Crippen LogP contribution in [0.25, 0.3) is 0 Å². The number of hydrogen-bond acceptors (Lipinski definition) is 4. The number of ketones is 1. The Morgan fingerprint density at radius 1 is 1.00 bits per heavy atom. The van der Waals surface area contributed by atoms with Gasteiger partial charge in [-0.15, -0.1) is 0 Å². The van der Waals surface area contributed by atoms with Crippen LogP contribution in [0.1, 0.15) is 39.0 Å². The lowest BCUT2D eigenvalue weighted by Crippen LogP contribution is -2.23. The van der Waals surface area contributed by atoms with Crippen LogP contribution in [0.5, 0.6) is 0 Å². The van der Waals surface area contributed by atoms with Gasteiger partial charge in [0, 0.05) is 26.2 Å². The van der Waals surface area contributed by atoms with E-state index in [0.717, 1.165) is 19.3 Å². The number of Topliss-reactive ketones (excluding diaryl/α,β-unsaturated/α-hetero) is 1. The van der Waals surface area contributed by atoms with Crippen LogP contribution in [0, 0.1) is 11.8 Å². The van der Waals surface area contributed by atoms with Crippen LogP contribution in [-0.2, 0) is 4.79 Å². The normalized spacial score (nSPS) is 14.8. The van der Waals surface area contributed by atoms with Gasteiger partial charge >= 0.3 is 0 Å². The molecule has 0 amide bonds.